The number of rotatable bonds is 7. The second kappa shape index (κ2) is 10.5. The van der Waals surface area contributed by atoms with Crippen LogP contribution in [0.1, 0.15) is 38.5 Å². The summed E-state index contributed by atoms with van der Waals surface area (Å²) in [5.41, 5.74) is 11.3. The molecule has 6 nitrogen and oxygen atoms in total. The molecule has 38 heavy (non-hydrogen) atoms. The van der Waals surface area contributed by atoms with Gasteiger partial charge >= 0.3 is 5.97 Å². The fraction of sp³-hybridized carbons (Fsp3) is 0.179. The number of ether oxygens (including phenoxy) is 1. The highest BCUT2D eigenvalue weighted by atomic mass is 16.5. The lowest BCUT2D eigenvalue weighted by Crippen LogP contribution is -2.51. The van der Waals surface area contributed by atoms with Gasteiger partial charge in [-0.15, -0.1) is 0 Å². The molecule has 4 aromatic rings. The highest BCUT2D eigenvalue weighted by Crippen LogP contribution is 2.29. The Bertz CT molecular complexity index is 1500. The molecule has 0 saturated heterocycles. The van der Waals surface area contributed by atoms with Gasteiger partial charge < -0.3 is 15.8 Å². The molecule has 4 rings (SSSR count). The quantitative estimate of drug-likeness (QED) is 0.288. The number of hydrogen-bond acceptors (Lipinski definition) is 5. The number of aromatic nitrogens is 1. The Labute approximate surface area is 227 Å². The van der Waals surface area contributed by atoms with Crippen molar-refractivity contribution in [2.24, 2.45) is 5.73 Å². The molecule has 0 fully saturated rings. The molecule has 1 aromatic heterocycles. The number of pyridine rings is 1. The van der Waals surface area contributed by atoms with Gasteiger partial charge in [0.1, 0.15) is 15.7 Å². The minimum Gasteiger partial charge on any atom is -0.470 e. The molecule has 3 aromatic carbocycles. The fourth-order valence-corrected chi connectivity index (χ4v) is 4.76. The molecule has 0 aliphatic rings. The van der Waals surface area contributed by atoms with Crippen molar-refractivity contribution < 1.29 is 14.3 Å². The number of esters is 1. The van der Waals surface area contributed by atoms with Gasteiger partial charge in [0.2, 0.25) is 5.91 Å². The first-order valence-corrected chi connectivity index (χ1v) is 12.7. The number of anilines is 1. The van der Waals surface area contributed by atoms with E-state index in [9.17, 15) is 9.59 Å². The van der Waals surface area contributed by atoms with E-state index in [1.165, 1.54) is 0 Å². The van der Waals surface area contributed by atoms with Gasteiger partial charge in [-0.1, -0.05) is 48.0 Å². The number of amides is 1. The van der Waals surface area contributed by atoms with Crippen LogP contribution >= 0.6 is 0 Å². The molecule has 1 heterocycles. The smallest absolute Gasteiger partial charge is 0.337 e. The zero-order chi connectivity index (χ0) is 27.7. The summed E-state index contributed by atoms with van der Waals surface area (Å²) in [7, 11) is 7.39. The molecule has 0 saturated carbocycles. The standard InChI is InChI=1S/C28H31B4N3O3/c1-16-3-10-23(17(2)13-16)26(37)38-28(31,32)21-7-4-18(5-8-21)24(27(29,30)33)25(36)35-22-9-6-20-15-34-12-11-19(20)14-22/h3-15,24H,29-33H2,1-2H3,(H,35,36)/t24-/m1/s1. The van der Waals surface area contributed by atoms with E-state index in [1.54, 1.807) is 18.5 Å². The molecule has 1 amide bonds. The zero-order valence-electron chi connectivity index (χ0n) is 22.8. The predicted molar refractivity (Wildman–Crippen MR) is 164 cm³/mol. The lowest BCUT2D eigenvalue weighted by atomic mass is 9.54. The summed E-state index contributed by atoms with van der Waals surface area (Å²) in [5.74, 6) is -1.17. The first-order chi connectivity index (χ1) is 17.8. The minimum atomic E-state index is -0.872. The van der Waals surface area contributed by atoms with E-state index < -0.39 is 16.7 Å². The summed E-state index contributed by atoms with van der Waals surface area (Å²) in [6, 6.07) is 20.8. The molecular formula is C28H31B4N3O3. The number of nitrogens with zero attached hydrogens (tertiary/aromatic N) is 1. The largest absolute Gasteiger partial charge is 0.470 e. The predicted octanol–water partition coefficient (Wildman–Crippen LogP) is 0.686. The monoisotopic (exact) mass is 501 g/mol. The van der Waals surface area contributed by atoms with Crippen LogP contribution in [-0.4, -0.2) is 53.6 Å². The van der Waals surface area contributed by atoms with Crippen LogP contribution in [-0.2, 0) is 14.9 Å². The van der Waals surface area contributed by atoms with Crippen molar-refractivity contribution in [3.05, 3.63) is 107 Å². The van der Waals surface area contributed by atoms with Crippen LogP contribution in [0.5, 0.6) is 0 Å². The maximum absolute atomic E-state index is 13.5. The molecule has 0 unspecified atom stereocenters. The van der Waals surface area contributed by atoms with E-state index in [0.717, 1.165) is 33.0 Å². The molecule has 0 aliphatic heterocycles. The Hall–Kier alpha value is -3.77. The fourth-order valence-electron chi connectivity index (χ4n) is 4.76. The second-order valence-corrected chi connectivity index (χ2v) is 11.0. The van der Waals surface area contributed by atoms with Crippen LogP contribution < -0.4 is 11.1 Å². The number of nitrogens with two attached hydrogens (primary N) is 1. The lowest BCUT2D eigenvalue weighted by Gasteiger charge is -2.31. The molecule has 0 radical (unpaired) electrons. The van der Waals surface area contributed by atoms with E-state index in [-0.39, 0.29) is 11.9 Å². The summed E-state index contributed by atoms with van der Waals surface area (Å²) in [4.78, 5) is 30.5. The first kappa shape index (κ1) is 27.3. The van der Waals surface area contributed by atoms with Crippen LogP contribution in [0, 0.1) is 13.8 Å². The molecule has 10 heteroatoms. The van der Waals surface area contributed by atoms with Crippen LogP contribution in [0.25, 0.3) is 10.8 Å². The lowest BCUT2D eigenvalue weighted by molar-refractivity contribution is -0.117. The average Bonchev–Trinajstić information content (AvgIpc) is 2.83. The van der Waals surface area contributed by atoms with Crippen LogP contribution in [0.3, 0.4) is 0 Å². The molecule has 0 aliphatic carbocycles. The van der Waals surface area contributed by atoms with Gasteiger partial charge in [0.25, 0.3) is 0 Å². The summed E-state index contributed by atoms with van der Waals surface area (Å²) in [6.07, 6.45) is 3.51. The summed E-state index contributed by atoms with van der Waals surface area (Å²) in [6.45, 7) is 3.89. The maximum atomic E-state index is 13.5. The van der Waals surface area contributed by atoms with E-state index in [2.05, 4.69) is 10.3 Å². The first-order valence-electron chi connectivity index (χ1n) is 12.7. The average molecular weight is 501 g/mol. The van der Waals surface area contributed by atoms with E-state index in [4.69, 9.17) is 10.5 Å². The third-order valence-electron chi connectivity index (χ3n) is 6.80. The van der Waals surface area contributed by atoms with E-state index in [0.29, 0.717) is 11.3 Å². The molecular weight excluding hydrogens is 470 g/mol. The van der Waals surface area contributed by atoms with Crippen molar-refractivity contribution in [3.63, 3.8) is 0 Å². The zero-order valence-corrected chi connectivity index (χ0v) is 22.8. The van der Waals surface area contributed by atoms with E-state index in [1.807, 2.05) is 106 Å². The van der Waals surface area contributed by atoms with Gasteiger partial charge in [-0.2, -0.15) is 0 Å². The highest BCUT2D eigenvalue weighted by Gasteiger charge is 2.34. The minimum absolute atomic E-state index is 0.195. The maximum Gasteiger partial charge on any atom is 0.337 e. The number of hydrogen-bond donors (Lipinski definition) is 2. The second-order valence-electron chi connectivity index (χ2n) is 11.0. The van der Waals surface area contributed by atoms with Crippen molar-refractivity contribution in [2.45, 2.75) is 30.5 Å². The van der Waals surface area contributed by atoms with Gasteiger partial charge in [-0.25, -0.2) is 4.79 Å². The van der Waals surface area contributed by atoms with Gasteiger partial charge in [0, 0.05) is 23.5 Å². The van der Waals surface area contributed by atoms with E-state index >= 15 is 0 Å². The highest BCUT2D eigenvalue weighted by molar-refractivity contribution is 6.42. The third kappa shape index (κ3) is 6.03. The van der Waals surface area contributed by atoms with Crippen molar-refractivity contribution in [3.8, 4) is 0 Å². The van der Waals surface area contributed by atoms with Gasteiger partial charge in [-0.05, 0) is 65.5 Å². The Balaban J connectivity index is 1.54. The molecule has 188 valence electrons. The Morgan fingerprint density at radius 1 is 0.921 bits per heavy atom. The Morgan fingerprint density at radius 2 is 1.63 bits per heavy atom. The number of aryl methyl sites for hydroxylation is 2. The van der Waals surface area contributed by atoms with Crippen LogP contribution in [0.4, 0.5) is 5.69 Å². The summed E-state index contributed by atoms with van der Waals surface area (Å²) in [5, 5.41) is 3.32. The van der Waals surface area contributed by atoms with Crippen molar-refractivity contribution >= 4 is 59.7 Å². The van der Waals surface area contributed by atoms with Crippen molar-refractivity contribution in [1.29, 1.82) is 0 Å². The van der Waals surface area contributed by atoms with Crippen LogP contribution in [0.15, 0.2) is 79.1 Å². The van der Waals surface area contributed by atoms with Crippen LogP contribution in [0.2, 0.25) is 0 Å². The SMILES string of the molecule is BC(B)(OC(=O)c1ccc(C)cc1C)c1ccc([C@H](C(=O)Nc2ccc3cnccc3c2)C(B)(B)N)cc1. The molecule has 1 atom stereocenters. The molecule has 3 N–H and O–H groups in total. The van der Waals surface area contributed by atoms with Crippen molar-refractivity contribution in [2.75, 3.05) is 5.32 Å². The van der Waals surface area contributed by atoms with Crippen molar-refractivity contribution in [1.82, 2.24) is 4.98 Å². The molecule has 0 bridgehead atoms. The van der Waals surface area contributed by atoms with Gasteiger partial charge in [-0.3, -0.25) is 9.78 Å². The van der Waals surface area contributed by atoms with Gasteiger partial charge in [0.05, 0.1) is 16.9 Å². The summed E-state index contributed by atoms with van der Waals surface area (Å²) < 4.78 is 5.91. The third-order valence-corrected chi connectivity index (χ3v) is 6.80. The van der Waals surface area contributed by atoms with Gasteiger partial charge in [0.15, 0.2) is 15.7 Å². The molecule has 0 spiro atoms. The number of nitrogens with one attached hydrogen (secondary N) is 1. The normalized spacial score (nSPS) is 12.6. The number of fused-ring (bicyclic) bond motifs is 1. The number of carbonyl (C=O) groups is 2. The topological polar surface area (TPSA) is 94.3 Å². The number of benzene rings is 3. The number of carbonyl (C=O) groups excluding carboxylic acids is 2. The Morgan fingerprint density at radius 3 is 2.29 bits per heavy atom. The summed E-state index contributed by atoms with van der Waals surface area (Å²) >= 11 is 0. The Kier molecular flexibility index (Phi) is 7.56.